The molecule has 1 aromatic rings. The van der Waals surface area contributed by atoms with Crippen LogP contribution in [-0.2, 0) is 4.74 Å². The second-order valence-corrected chi connectivity index (χ2v) is 5.57. The molecular weight excluding hydrogens is 238 g/mol. The molecule has 0 spiro atoms. The Morgan fingerprint density at radius 2 is 2.05 bits per heavy atom. The van der Waals surface area contributed by atoms with Crippen molar-refractivity contribution in [3.63, 3.8) is 0 Å². The van der Waals surface area contributed by atoms with Crippen LogP contribution in [0.1, 0.15) is 38.8 Å². The third-order valence-corrected chi connectivity index (χ3v) is 3.70. The molecule has 1 saturated heterocycles. The van der Waals surface area contributed by atoms with Gasteiger partial charge in [-0.1, -0.05) is 25.1 Å². The summed E-state index contributed by atoms with van der Waals surface area (Å²) in [5.41, 5.74) is 1.19. The van der Waals surface area contributed by atoms with Gasteiger partial charge in [0.15, 0.2) is 0 Å². The number of hydrogen-bond donors (Lipinski definition) is 1. The molecule has 0 aromatic heterocycles. The first-order valence-corrected chi connectivity index (χ1v) is 7.18. The number of para-hydroxylation sites is 1. The normalized spacial score (nSPS) is 24.7. The van der Waals surface area contributed by atoms with Gasteiger partial charge < -0.3 is 14.8 Å². The summed E-state index contributed by atoms with van der Waals surface area (Å²) >= 11 is 0. The molecule has 3 heteroatoms. The Balaban J connectivity index is 2.27. The Kier molecular flexibility index (Phi) is 4.83. The molecule has 1 N–H and O–H groups in total. The minimum atomic E-state index is 0.181. The first kappa shape index (κ1) is 14.4. The quantitative estimate of drug-likeness (QED) is 0.885. The average Bonchev–Trinajstić information content (AvgIpc) is 2.78. The van der Waals surface area contributed by atoms with Crippen LogP contribution >= 0.6 is 0 Å². The predicted octanol–water partition coefficient (Wildman–Crippen LogP) is 3.16. The molecule has 3 atom stereocenters. The molecule has 0 saturated carbocycles. The lowest BCUT2D eigenvalue weighted by molar-refractivity contribution is 0.0617. The van der Waals surface area contributed by atoms with Crippen molar-refractivity contribution in [3.8, 4) is 5.75 Å². The van der Waals surface area contributed by atoms with E-state index in [0.717, 1.165) is 18.8 Å². The zero-order chi connectivity index (χ0) is 13.8. The predicted molar refractivity (Wildman–Crippen MR) is 77.5 cm³/mol. The lowest BCUT2D eigenvalue weighted by Crippen LogP contribution is -2.33. The van der Waals surface area contributed by atoms with Gasteiger partial charge in [0.25, 0.3) is 0 Å². The maximum Gasteiger partial charge on any atom is 0.124 e. The van der Waals surface area contributed by atoms with E-state index in [9.17, 15) is 0 Å². The van der Waals surface area contributed by atoms with Gasteiger partial charge in [0.05, 0.1) is 18.2 Å². The van der Waals surface area contributed by atoms with E-state index in [1.54, 1.807) is 0 Å². The molecule has 1 aliphatic rings. The van der Waals surface area contributed by atoms with Crippen molar-refractivity contribution in [1.29, 1.82) is 0 Å². The largest absolute Gasteiger partial charge is 0.491 e. The van der Waals surface area contributed by atoms with Crippen molar-refractivity contribution in [2.24, 2.45) is 5.92 Å². The lowest BCUT2D eigenvalue weighted by atomic mass is 9.92. The number of ether oxygens (including phenoxy) is 2. The first-order chi connectivity index (χ1) is 9.13. The first-order valence-electron chi connectivity index (χ1n) is 7.18. The highest BCUT2D eigenvalue weighted by Crippen LogP contribution is 2.35. The highest BCUT2D eigenvalue weighted by Gasteiger charge is 2.33. The Labute approximate surface area is 116 Å². The van der Waals surface area contributed by atoms with Gasteiger partial charge in [-0.3, -0.25) is 0 Å². The van der Waals surface area contributed by atoms with E-state index >= 15 is 0 Å². The number of benzene rings is 1. The topological polar surface area (TPSA) is 30.5 Å². The smallest absolute Gasteiger partial charge is 0.124 e. The third kappa shape index (κ3) is 3.28. The van der Waals surface area contributed by atoms with E-state index in [0.29, 0.717) is 5.92 Å². The molecule has 1 aliphatic heterocycles. The minimum Gasteiger partial charge on any atom is -0.491 e. The van der Waals surface area contributed by atoms with Crippen LogP contribution in [0.25, 0.3) is 0 Å². The summed E-state index contributed by atoms with van der Waals surface area (Å²) in [6.45, 7) is 7.23. The van der Waals surface area contributed by atoms with Crippen LogP contribution in [0, 0.1) is 5.92 Å². The number of likely N-dealkylation sites (N-methyl/N-ethyl adjacent to an activating group) is 1. The third-order valence-electron chi connectivity index (χ3n) is 3.70. The monoisotopic (exact) mass is 263 g/mol. The van der Waals surface area contributed by atoms with E-state index < -0.39 is 0 Å². The van der Waals surface area contributed by atoms with Crippen LogP contribution < -0.4 is 10.1 Å². The SMILES string of the molecule is CNC(c1ccccc1OC(C)C)C1OCCC1C. The van der Waals surface area contributed by atoms with Crippen molar-refractivity contribution in [2.75, 3.05) is 13.7 Å². The Morgan fingerprint density at radius 3 is 2.63 bits per heavy atom. The van der Waals surface area contributed by atoms with E-state index in [-0.39, 0.29) is 18.2 Å². The molecule has 3 unspecified atom stereocenters. The highest BCUT2D eigenvalue weighted by molar-refractivity contribution is 5.37. The fraction of sp³-hybridized carbons (Fsp3) is 0.625. The summed E-state index contributed by atoms with van der Waals surface area (Å²) < 4.78 is 11.8. The fourth-order valence-electron chi connectivity index (χ4n) is 2.74. The van der Waals surface area contributed by atoms with Crippen molar-refractivity contribution in [1.82, 2.24) is 5.32 Å². The van der Waals surface area contributed by atoms with E-state index in [4.69, 9.17) is 9.47 Å². The standard InChI is InChI=1S/C16H25NO2/c1-11(2)19-14-8-6-5-7-13(14)15(17-4)16-12(3)9-10-18-16/h5-8,11-12,15-17H,9-10H2,1-4H3. The van der Waals surface area contributed by atoms with Crippen LogP contribution in [0.2, 0.25) is 0 Å². The summed E-state index contributed by atoms with van der Waals surface area (Å²) in [5.74, 6) is 1.53. The van der Waals surface area contributed by atoms with E-state index in [2.05, 4.69) is 38.2 Å². The van der Waals surface area contributed by atoms with Crippen LogP contribution in [0.5, 0.6) is 5.75 Å². The molecule has 3 nitrogen and oxygen atoms in total. The molecular formula is C16H25NO2. The molecule has 1 aromatic carbocycles. The Morgan fingerprint density at radius 1 is 1.32 bits per heavy atom. The average molecular weight is 263 g/mol. The van der Waals surface area contributed by atoms with E-state index in [1.807, 2.05) is 19.2 Å². The zero-order valence-electron chi connectivity index (χ0n) is 12.3. The van der Waals surface area contributed by atoms with Gasteiger partial charge in [-0.15, -0.1) is 0 Å². The van der Waals surface area contributed by atoms with Gasteiger partial charge in [0.1, 0.15) is 5.75 Å². The van der Waals surface area contributed by atoms with Crippen molar-refractivity contribution in [3.05, 3.63) is 29.8 Å². The molecule has 1 fully saturated rings. The summed E-state index contributed by atoms with van der Waals surface area (Å²) in [6.07, 6.45) is 1.54. The van der Waals surface area contributed by atoms with Crippen molar-refractivity contribution in [2.45, 2.75) is 45.4 Å². The Bertz CT molecular complexity index is 405. The summed E-state index contributed by atoms with van der Waals surface area (Å²) in [6, 6.07) is 8.44. The highest BCUT2D eigenvalue weighted by atomic mass is 16.5. The van der Waals surface area contributed by atoms with Crippen molar-refractivity contribution < 1.29 is 9.47 Å². The zero-order valence-corrected chi connectivity index (χ0v) is 12.3. The van der Waals surface area contributed by atoms with Gasteiger partial charge in [0.2, 0.25) is 0 Å². The Hall–Kier alpha value is -1.06. The molecule has 0 amide bonds. The lowest BCUT2D eigenvalue weighted by Gasteiger charge is -2.28. The summed E-state index contributed by atoms with van der Waals surface area (Å²) in [7, 11) is 1.99. The summed E-state index contributed by atoms with van der Waals surface area (Å²) in [5, 5.41) is 3.40. The molecule has 1 heterocycles. The van der Waals surface area contributed by atoms with E-state index in [1.165, 1.54) is 5.56 Å². The molecule has 0 bridgehead atoms. The number of rotatable bonds is 5. The minimum absolute atomic E-state index is 0.181. The fourth-order valence-corrected chi connectivity index (χ4v) is 2.74. The molecule has 2 rings (SSSR count). The molecule has 19 heavy (non-hydrogen) atoms. The maximum atomic E-state index is 5.93. The second kappa shape index (κ2) is 6.40. The molecule has 0 radical (unpaired) electrons. The van der Waals surface area contributed by atoms with Crippen LogP contribution in [0.15, 0.2) is 24.3 Å². The van der Waals surface area contributed by atoms with Gasteiger partial charge in [0, 0.05) is 12.2 Å². The van der Waals surface area contributed by atoms with Crippen LogP contribution in [-0.4, -0.2) is 25.9 Å². The number of hydrogen-bond acceptors (Lipinski definition) is 3. The number of nitrogens with one attached hydrogen (secondary N) is 1. The van der Waals surface area contributed by atoms with Crippen LogP contribution in [0.3, 0.4) is 0 Å². The summed E-state index contributed by atoms with van der Waals surface area (Å²) in [4.78, 5) is 0. The molecule has 106 valence electrons. The molecule has 0 aliphatic carbocycles. The van der Waals surface area contributed by atoms with Gasteiger partial charge in [-0.05, 0) is 39.3 Å². The van der Waals surface area contributed by atoms with Crippen molar-refractivity contribution >= 4 is 0 Å². The van der Waals surface area contributed by atoms with Gasteiger partial charge in [-0.25, -0.2) is 0 Å². The van der Waals surface area contributed by atoms with Gasteiger partial charge in [-0.2, -0.15) is 0 Å². The second-order valence-electron chi connectivity index (χ2n) is 5.57. The van der Waals surface area contributed by atoms with Crippen LogP contribution in [0.4, 0.5) is 0 Å². The van der Waals surface area contributed by atoms with Gasteiger partial charge >= 0.3 is 0 Å². The maximum absolute atomic E-state index is 5.93.